The second kappa shape index (κ2) is 5.62. The molecule has 23 heavy (non-hydrogen) atoms. The summed E-state index contributed by atoms with van der Waals surface area (Å²) in [6, 6.07) is 5.47. The lowest BCUT2D eigenvalue weighted by Gasteiger charge is -2.23. The number of rotatable bonds is 3. The van der Waals surface area contributed by atoms with Crippen LogP contribution in [0.2, 0.25) is 0 Å². The molecule has 8 heteroatoms. The first-order chi connectivity index (χ1) is 11.3. The summed E-state index contributed by atoms with van der Waals surface area (Å²) in [7, 11) is 1.42. The molecule has 118 valence electrons. The SMILES string of the molecule is COC(=O)C1CCCN1c1ccc2nnc(-c3ccsc3)n2n1. The van der Waals surface area contributed by atoms with Gasteiger partial charge in [0.25, 0.3) is 0 Å². The number of anilines is 1. The number of carbonyl (C=O) groups excluding carboxylic acids is 1. The van der Waals surface area contributed by atoms with Crippen molar-refractivity contribution in [1.82, 2.24) is 19.8 Å². The standard InChI is InChI=1S/C15H15N5O2S/c1-22-15(21)11-3-2-7-19(11)13-5-4-12-16-17-14(20(12)18-13)10-6-8-23-9-10/h4-6,8-9,11H,2-3,7H2,1H3. The van der Waals surface area contributed by atoms with E-state index in [-0.39, 0.29) is 12.0 Å². The first-order valence-corrected chi connectivity index (χ1v) is 8.32. The van der Waals surface area contributed by atoms with E-state index in [1.54, 1.807) is 15.9 Å². The largest absolute Gasteiger partial charge is 0.467 e. The van der Waals surface area contributed by atoms with E-state index in [4.69, 9.17) is 4.74 Å². The Morgan fingerprint density at radius 2 is 2.26 bits per heavy atom. The van der Waals surface area contributed by atoms with Gasteiger partial charge < -0.3 is 9.64 Å². The molecule has 0 saturated carbocycles. The van der Waals surface area contributed by atoms with Crippen LogP contribution in [-0.4, -0.2) is 45.5 Å². The molecule has 3 aromatic rings. The van der Waals surface area contributed by atoms with Gasteiger partial charge in [-0.05, 0) is 36.4 Å². The monoisotopic (exact) mass is 329 g/mol. The zero-order chi connectivity index (χ0) is 15.8. The lowest BCUT2D eigenvalue weighted by Crippen LogP contribution is -2.37. The predicted octanol–water partition coefficient (Wildman–Crippen LogP) is 1.99. The quantitative estimate of drug-likeness (QED) is 0.684. The molecule has 1 fully saturated rings. The molecule has 0 spiro atoms. The number of thiophene rings is 1. The van der Waals surface area contributed by atoms with Crippen LogP contribution in [-0.2, 0) is 9.53 Å². The molecule has 4 heterocycles. The molecule has 1 saturated heterocycles. The van der Waals surface area contributed by atoms with Crippen molar-refractivity contribution < 1.29 is 9.53 Å². The highest BCUT2D eigenvalue weighted by atomic mass is 32.1. The molecular formula is C15H15N5O2S. The Morgan fingerprint density at radius 1 is 1.35 bits per heavy atom. The summed E-state index contributed by atoms with van der Waals surface area (Å²) in [6.45, 7) is 0.786. The van der Waals surface area contributed by atoms with Gasteiger partial charge in [0.2, 0.25) is 0 Å². The molecule has 4 rings (SSSR count). The van der Waals surface area contributed by atoms with Gasteiger partial charge in [-0.25, -0.2) is 4.79 Å². The second-order valence-electron chi connectivity index (χ2n) is 5.37. The van der Waals surface area contributed by atoms with Gasteiger partial charge in [0.15, 0.2) is 11.5 Å². The average Bonchev–Trinajstić information content (AvgIpc) is 3.31. The van der Waals surface area contributed by atoms with Crippen LogP contribution < -0.4 is 4.90 Å². The minimum atomic E-state index is -0.272. The maximum absolute atomic E-state index is 11.9. The molecule has 1 unspecified atom stereocenters. The summed E-state index contributed by atoms with van der Waals surface area (Å²) >= 11 is 1.60. The average molecular weight is 329 g/mol. The smallest absolute Gasteiger partial charge is 0.328 e. The van der Waals surface area contributed by atoms with Gasteiger partial charge in [-0.3, -0.25) is 0 Å². The summed E-state index contributed by atoms with van der Waals surface area (Å²) in [5, 5.41) is 17.0. The molecule has 0 radical (unpaired) electrons. The van der Waals surface area contributed by atoms with E-state index in [0.29, 0.717) is 11.5 Å². The van der Waals surface area contributed by atoms with E-state index < -0.39 is 0 Å². The molecule has 0 aliphatic carbocycles. The van der Waals surface area contributed by atoms with E-state index >= 15 is 0 Å². The lowest BCUT2D eigenvalue weighted by atomic mass is 10.2. The maximum atomic E-state index is 11.9. The lowest BCUT2D eigenvalue weighted by molar-refractivity contribution is -0.141. The number of hydrogen-bond acceptors (Lipinski definition) is 7. The number of methoxy groups -OCH3 is 1. The fraction of sp³-hybridized carbons (Fsp3) is 0.333. The first-order valence-electron chi connectivity index (χ1n) is 7.37. The molecule has 1 aliphatic heterocycles. The van der Waals surface area contributed by atoms with E-state index in [9.17, 15) is 4.79 Å². The van der Waals surface area contributed by atoms with Crippen molar-refractivity contribution in [2.45, 2.75) is 18.9 Å². The van der Waals surface area contributed by atoms with E-state index in [1.165, 1.54) is 7.11 Å². The summed E-state index contributed by atoms with van der Waals surface area (Å²) in [5.74, 6) is 1.23. The van der Waals surface area contributed by atoms with Gasteiger partial charge in [0.1, 0.15) is 11.9 Å². The van der Waals surface area contributed by atoms with Crippen molar-refractivity contribution in [2.24, 2.45) is 0 Å². The molecular weight excluding hydrogens is 314 g/mol. The number of fused-ring (bicyclic) bond motifs is 1. The normalized spacial score (nSPS) is 17.8. The van der Waals surface area contributed by atoms with Gasteiger partial charge in [-0.15, -0.1) is 15.3 Å². The Balaban J connectivity index is 1.76. The Labute approximate surface area is 136 Å². The van der Waals surface area contributed by atoms with E-state index in [1.807, 2.05) is 33.9 Å². The molecule has 0 amide bonds. The first kappa shape index (κ1) is 14.1. The van der Waals surface area contributed by atoms with Crippen molar-refractivity contribution in [3.63, 3.8) is 0 Å². The highest BCUT2D eigenvalue weighted by Gasteiger charge is 2.32. The zero-order valence-corrected chi connectivity index (χ0v) is 13.4. The van der Waals surface area contributed by atoms with Crippen molar-refractivity contribution in [3.8, 4) is 11.4 Å². The van der Waals surface area contributed by atoms with Crippen molar-refractivity contribution in [1.29, 1.82) is 0 Å². The minimum absolute atomic E-state index is 0.216. The highest BCUT2D eigenvalue weighted by molar-refractivity contribution is 7.08. The molecule has 0 bridgehead atoms. The fourth-order valence-corrected chi connectivity index (χ4v) is 3.56. The third-order valence-electron chi connectivity index (χ3n) is 4.05. The number of hydrogen-bond donors (Lipinski definition) is 0. The molecule has 3 aromatic heterocycles. The van der Waals surface area contributed by atoms with E-state index in [2.05, 4.69) is 15.3 Å². The van der Waals surface area contributed by atoms with Gasteiger partial charge in [0.05, 0.1) is 7.11 Å². The van der Waals surface area contributed by atoms with Gasteiger partial charge in [-0.1, -0.05) is 0 Å². The number of carbonyl (C=O) groups is 1. The van der Waals surface area contributed by atoms with Crippen LogP contribution in [0.15, 0.2) is 29.0 Å². The molecule has 1 atom stereocenters. The maximum Gasteiger partial charge on any atom is 0.328 e. The van der Waals surface area contributed by atoms with Gasteiger partial charge >= 0.3 is 5.97 Å². The van der Waals surface area contributed by atoms with Crippen LogP contribution in [0.1, 0.15) is 12.8 Å². The Kier molecular flexibility index (Phi) is 3.45. The summed E-state index contributed by atoms with van der Waals surface area (Å²) in [6.07, 6.45) is 1.73. The second-order valence-corrected chi connectivity index (χ2v) is 6.15. The van der Waals surface area contributed by atoms with Crippen molar-refractivity contribution >= 4 is 28.8 Å². The highest BCUT2D eigenvalue weighted by Crippen LogP contribution is 2.26. The number of aromatic nitrogens is 4. The zero-order valence-electron chi connectivity index (χ0n) is 12.5. The summed E-state index contributed by atoms with van der Waals surface area (Å²) < 4.78 is 6.63. The van der Waals surface area contributed by atoms with Crippen LogP contribution in [0.3, 0.4) is 0 Å². The summed E-state index contributed by atoms with van der Waals surface area (Å²) in [5.41, 5.74) is 1.67. The van der Waals surface area contributed by atoms with Crippen LogP contribution in [0, 0.1) is 0 Å². The van der Waals surface area contributed by atoms with Crippen LogP contribution in [0.25, 0.3) is 17.0 Å². The Bertz CT molecular complexity index is 845. The Hall–Kier alpha value is -2.48. The van der Waals surface area contributed by atoms with Gasteiger partial charge in [-0.2, -0.15) is 15.9 Å². The molecule has 0 N–H and O–H groups in total. The van der Waals surface area contributed by atoms with Crippen LogP contribution >= 0.6 is 11.3 Å². The van der Waals surface area contributed by atoms with Crippen molar-refractivity contribution in [2.75, 3.05) is 18.6 Å². The van der Waals surface area contributed by atoms with Gasteiger partial charge in [0, 0.05) is 17.5 Å². The third-order valence-corrected chi connectivity index (χ3v) is 4.73. The van der Waals surface area contributed by atoms with Crippen LogP contribution in [0.5, 0.6) is 0 Å². The Morgan fingerprint density at radius 3 is 3.04 bits per heavy atom. The molecule has 7 nitrogen and oxygen atoms in total. The summed E-state index contributed by atoms with van der Waals surface area (Å²) in [4.78, 5) is 13.9. The minimum Gasteiger partial charge on any atom is -0.467 e. The fourth-order valence-electron chi connectivity index (χ4n) is 2.93. The third kappa shape index (κ3) is 2.35. The van der Waals surface area contributed by atoms with Crippen LogP contribution in [0.4, 0.5) is 5.82 Å². The molecule has 1 aliphatic rings. The number of ether oxygens (including phenoxy) is 1. The topological polar surface area (TPSA) is 72.6 Å². The number of nitrogens with zero attached hydrogens (tertiary/aromatic N) is 5. The number of esters is 1. The van der Waals surface area contributed by atoms with Crippen molar-refractivity contribution in [3.05, 3.63) is 29.0 Å². The van der Waals surface area contributed by atoms with E-state index in [0.717, 1.165) is 30.8 Å². The molecule has 0 aromatic carbocycles. The predicted molar refractivity (Wildman–Crippen MR) is 86.5 cm³/mol.